The van der Waals surface area contributed by atoms with E-state index in [-0.39, 0.29) is 17.2 Å². The van der Waals surface area contributed by atoms with Crippen LogP contribution in [0.1, 0.15) is 26.7 Å². The lowest BCUT2D eigenvalue weighted by Gasteiger charge is -2.20. The fourth-order valence-corrected chi connectivity index (χ4v) is 4.49. The van der Waals surface area contributed by atoms with Crippen LogP contribution in [0.5, 0.6) is 0 Å². The lowest BCUT2D eigenvalue weighted by atomic mass is 10.3. The predicted molar refractivity (Wildman–Crippen MR) is 113 cm³/mol. The molecule has 7 heteroatoms. The largest absolute Gasteiger partial charge is 0.342 e. The molecule has 142 valence electrons. The number of thioether (sulfide) groups is 1. The highest BCUT2D eigenvalue weighted by molar-refractivity contribution is 7.99. The molecule has 0 saturated heterocycles. The maximum absolute atomic E-state index is 13.0. The van der Waals surface area contributed by atoms with E-state index < -0.39 is 0 Å². The van der Waals surface area contributed by atoms with Gasteiger partial charge >= 0.3 is 0 Å². The van der Waals surface area contributed by atoms with Crippen molar-refractivity contribution < 1.29 is 4.79 Å². The number of benzene rings is 1. The number of amides is 1. The Kier molecular flexibility index (Phi) is 6.68. The lowest BCUT2D eigenvalue weighted by molar-refractivity contribution is -0.128. The van der Waals surface area contributed by atoms with Gasteiger partial charge in [0.25, 0.3) is 5.56 Å². The zero-order chi connectivity index (χ0) is 19.2. The van der Waals surface area contributed by atoms with Gasteiger partial charge in [0.1, 0.15) is 4.70 Å². The molecule has 3 aromatic rings. The van der Waals surface area contributed by atoms with Crippen molar-refractivity contribution in [2.75, 3.05) is 18.8 Å². The first-order chi connectivity index (χ1) is 13.2. The standard InChI is InChI=1S/C20H23N3O2S2/c1-3-5-12-22(4-2)17(24)14-27-20-21-16-11-13-26-18(16)19(25)23(20)15-9-7-6-8-10-15/h6-11,13H,3-5,12,14H2,1-2H3. The molecule has 2 aromatic heterocycles. The second kappa shape index (κ2) is 9.19. The van der Waals surface area contributed by atoms with Crippen LogP contribution in [-0.2, 0) is 4.79 Å². The smallest absolute Gasteiger partial charge is 0.276 e. The van der Waals surface area contributed by atoms with Gasteiger partial charge in [-0.3, -0.25) is 14.2 Å². The average Bonchev–Trinajstić information content (AvgIpc) is 3.16. The van der Waals surface area contributed by atoms with E-state index >= 15 is 0 Å². The van der Waals surface area contributed by atoms with Crippen LogP contribution in [0.2, 0.25) is 0 Å². The molecule has 2 heterocycles. The molecule has 0 aliphatic rings. The van der Waals surface area contributed by atoms with Gasteiger partial charge in [-0.15, -0.1) is 11.3 Å². The van der Waals surface area contributed by atoms with E-state index in [0.29, 0.717) is 21.9 Å². The molecule has 0 bridgehead atoms. The van der Waals surface area contributed by atoms with Gasteiger partial charge in [-0.2, -0.15) is 0 Å². The summed E-state index contributed by atoms with van der Waals surface area (Å²) in [5.74, 6) is 0.349. The van der Waals surface area contributed by atoms with Gasteiger partial charge in [0.05, 0.1) is 17.0 Å². The Bertz CT molecular complexity index is 966. The number of rotatable bonds is 8. The molecular weight excluding hydrogens is 378 g/mol. The van der Waals surface area contributed by atoms with Gasteiger partial charge in [0.15, 0.2) is 5.16 Å². The molecule has 1 amide bonds. The second-order valence-corrected chi connectivity index (χ2v) is 7.98. The molecule has 0 radical (unpaired) electrons. The van der Waals surface area contributed by atoms with Crippen LogP contribution < -0.4 is 5.56 Å². The van der Waals surface area contributed by atoms with E-state index in [0.717, 1.165) is 25.1 Å². The normalized spacial score (nSPS) is 11.0. The van der Waals surface area contributed by atoms with E-state index in [4.69, 9.17) is 0 Å². The van der Waals surface area contributed by atoms with Crippen molar-refractivity contribution in [3.63, 3.8) is 0 Å². The summed E-state index contributed by atoms with van der Waals surface area (Å²) in [5, 5.41) is 2.43. The van der Waals surface area contributed by atoms with Crippen molar-refractivity contribution in [1.82, 2.24) is 14.5 Å². The Hall–Kier alpha value is -2.12. The van der Waals surface area contributed by atoms with E-state index in [9.17, 15) is 9.59 Å². The molecule has 3 rings (SSSR count). The number of unbranched alkanes of at least 4 members (excludes halogenated alkanes) is 1. The minimum atomic E-state index is -0.0884. The van der Waals surface area contributed by atoms with Crippen molar-refractivity contribution in [1.29, 1.82) is 0 Å². The topological polar surface area (TPSA) is 55.2 Å². The SMILES string of the molecule is CCCCN(CC)C(=O)CSc1nc2ccsc2c(=O)n1-c1ccccc1. The number of fused-ring (bicyclic) bond motifs is 1. The Morgan fingerprint density at radius 3 is 2.70 bits per heavy atom. The second-order valence-electron chi connectivity index (χ2n) is 6.12. The maximum atomic E-state index is 13.0. The zero-order valence-corrected chi connectivity index (χ0v) is 17.2. The highest BCUT2D eigenvalue weighted by Crippen LogP contribution is 2.23. The molecule has 5 nitrogen and oxygen atoms in total. The number of aromatic nitrogens is 2. The molecular formula is C20H23N3O2S2. The molecule has 0 spiro atoms. The summed E-state index contributed by atoms with van der Waals surface area (Å²) in [6.07, 6.45) is 2.05. The lowest BCUT2D eigenvalue weighted by Crippen LogP contribution is -2.33. The molecule has 1 aromatic carbocycles. The van der Waals surface area contributed by atoms with Crippen molar-refractivity contribution >= 4 is 39.2 Å². The van der Waals surface area contributed by atoms with E-state index in [2.05, 4.69) is 11.9 Å². The summed E-state index contributed by atoms with van der Waals surface area (Å²) in [5.41, 5.74) is 1.36. The van der Waals surface area contributed by atoms with Crippen molar-refractivity contribution in [3.8, 4) is 5.69 Å². The first kappa shape index (κ1) is 19.6. The van der Waals surface area contributed by atoms with E-state index in [1.54, 1.807) is 4.57 Å². The fourth-order valence-electron chi connectivity index (χ4n) is 2.82. The van der Waals surface area contributed by atoms with E-state index in [1.807, 2.05) is 53.6 Å². The predicted octanol–water partition coefficient (Wildman–Crippen LogP) is 4.19. The summed E-state index contributed by atoms with van der Waals surface area (Å²) in [6, 6.07) is 11.3. The van der Waals surface area contributed by atoms with Crippen molar-refractivity contribution in [3.05, 3.63) is 52.1 Å². The third-order valence-electron chi connectivity index (χ3n) is 4.30. The Labute approximate surface area is 167 Å². The Morgan fingerprint density at radius 2 is 2.00 bits per heavy atom. The minimum Gasteiger partial charge on any atom is -0.342 e. The third kappa shape index (κ3) is 4.42. The van der Waals surface area contributed by atoms with Crippen LogP contribution in [-0.4, -0.2) is 39.2 Å². The number of carbonyl (C=O) groups is 1. The number of nitrogens with zero attached hydrogens (tertiary/aromatic N) is 3. The van der Waals surface area contributed by atoms with Crippen LogP contribution in [0.4, 0.5) is 0 Å². The van der Waals surface area contributed by atoms with Gasteiger partial charge in [0.2, 0.25) is 5.91 Å². The monoisotopic (exact) mass is 401 g/mol. The summed E-state index contributed by atoms with van der Waals surface area (Å²) in [4.78, 5) is 32.1. The first-order valence-electron chi connectivity index (χ1n) is 9.12. The summed E-state index contributed by atoms with van der Waals surface area (Å²) in [7, 11) is 0. The fraction of sp³-hybridized carbons (Fsp3) is 0.350. The highest BCUT2D eigenvalue weighted by Gasteiger charge is 2.17. The van der Waals surface area contributed by atoms with Crippen LogP contribution >= 0.6 is 23.1 Å². The molecule has 0 aliphatic carbocycles. The quantitative estimate of drug-likeness (QED) is 0.420. The van der Waals surface area contributed by atoms with Crippen LogP contribution in [0.25, 0.3) is 15.9 Å². The van der Waals surface area contributed by atoms with E-state index in [1.165, 1.54) is 23.1 Å². The molecule has 0 fully saturated rings. The molecule has 0 saturated carbocycles. The van der Waals surface area contributed by atoms with Crippen LogP contribution in [0.3, 0.4) is 0 Å². The zero-order valence-electron chi connectivity index (χ0n) is 15.6. The highest BCUT2D eigenvalue weighted by atomic mass is 32.2. The molecule has 0 unspecified atom stereocenters. The number of hydrogen-bond donors (Lipinski definition) is 0. The molecule has 27 heavy (non-hydrogen) atoms. The van der Waals surface area contributed by atoms with Crippen molar-refractivity contribution in [2.24, 2.45) is 0 Å². The van der Waals surface area contributed by atoms with Gasteiger partial charge in [-0.05, 0) is 36.9 Å². The summed E-state index contributed by atoms with van der Waals surface area (Å²) < 4.78 is 2.24. The molecule has 0 atom stereocenters. The maximum Gasteiger partial charge on any atom is 0.276 e. The first-order valence-corrected chi connectivity index (χ1v) is 11.0. The average molecular weight is 402 g/mol. The Morgan fingerprint density at radius 1 is 1.22 bits per heavy atom. The van der Waals surface area contributed by atoms with Gasteiger partial charge in [-0.1, -0.05) is 43.3 Å². The Balaban J connectivity index is 1.91. The van der Waals surface area contributed by atoms with Crippen LogP contribution in [0.15, 0.2) is 51.7 Å². The van der Waals surface area contributed by atoms with Gasteiger partial charge < -0.3 is 4.90 Å². The summed E-state index contributed by atoms with van der Waals surface area (Å²) in [6.45, 7) is 5.58. The third-order valence-corrected chi connectivity index (χ3v) is 6.12. The number of thiophene rings is 1. The van der Waals surface area contributed by atoms with Gasteiger partial charge in [0, 0.05) is 13.1 Å². The minimum absolute atomic E-state index is 0.0789. The van der Waals surface area contributed by atoms with Gasteiger partial charge in [-0.25, -0.2) is 4.98 Å². The number of hydrogen-bond acceptors (Lipinski definition) is 5. The number of para-hydroxylation sites is 1. The number of carbonyl (C=O) groups excluding carboxylic acids is 1. The summed E-state index contributed by atoms with van der Waals surface area (Å²) >= 11 is 2.72. The van der Waals surface area contributed by atoms with Crippen LogP contribution in [0, 0.1) is 0 Å². The van der Waals surface area contributed by atoms with Crippen molar-refractivity contribution in [2.45, 2.75) is 31.8 Å². The molecule has 0 aliphatic heterocycles. The molecule has 0 N–H and O–H groups in total.